The van der Waals surface area contributed by atoms with Crippen molar-refractivity contribution < 1.29 is 24.1 Å². The summed E-state index contributed by atoms with van der Waals surface area (Å²) in [5, 5.41) is 26.9. The predicted molar refractivity (Wildman–Crippen MR) is 161 cm³/mol. The Hall–Kier alpha value is -6.56. The highest BCUT2D eigenvalue weighted by molar-refractivity contribution is 6.21. The van der Waals surface area contributed by atoms with E-state index in [0.717, 1.165) is 5.01 Å². The average Bonchev–Trinajstić information content (AvgIpc) is 3.53. The number of aliphatic imine (C=N–C) groups is 1. The lowest BCUT2D eigenvalue weighted by Crippen LogP contribution is -2.45. The van der Waals surface area contributed by atoms with Crippen LogP contribution in [0.4, 0.5) is 11.4 Å². The second kappa shape index (κ2) is 11.4. The van der Waals surface area contributed by atoms with Crippen molar-refractivity contribution >= 4 is 47.0 Å². The van der Waals surface area contributed by atoms with Gasteiger partial charge in [0.1, 0.15) is 5.70 Å². The summed E-state index contributed by atoms with van der Waals surface area (Å²) in [6, 6.07) is 29.3. The summed E-state index contributed by atoms with van der Waals surface area (Å²) in [6.45, 7) is 0. The van der Waals surface area contributed by atoms with Gasteiger partial charge in [0, 0.05) is 35.9 Å². The average molecular weight is 586 g/mol. The molecule has 0 aromatic heterocycles. The molecule has 2 aliphatic rings. The number of rotatable bonds is 7. The summed E-state index contributed by atoms with van der Waals surface area (Å²) in [6.07, 6.45) is 2.90. The summed E-state index contributed by atoms with van der Waals surface area (Å²) in [5.41, 5.74) is 1.65. The van der Waals surface area contributed by atoms with E-state index in [1.807, 2.05) is 6.07 Å². The zero-order chi connectivity index (χ0) is 30.8. The SMILES string of the molecule is O=C1C(=Cc2cccc([N+](=O)[O-])c2)N=C(c2ccccc2)N1[N+]1=C(c2ccccc2)NC(=Cc2cccc([N+](=O)[O-])c2)C1=O. The van der Waals surface area contributed by atoms with E-state index in [1.54, 1.807) is 66.7 Å². The van der Waals surface area contributed by atoms with Gasteiger partial charge in [-0.3, -0.25) is 25.0 Å². The Morgan fingerprint density at radius 3 is 1.82 bits per heavy atom. The lowest BCUT2D eigenvalue weighted by atomic mass is 10.1. The molecule has 214 valence electrons. The maximum absolute atomic E-state index is 14.1. The van der Waals surface area contributed by atoms with Crippen LogP contribution in [0, 0.1) is 20.2 Å². The van der Waals surface area contributed by atoms with Crippen LogP contribution in [0.25, 0.3) is 12.2 Å². The van der Waals surface area contributed by atoms with Crippen molar-refractivity contribution in [1.29, 1.82) is 0 Å². The molecule has 0 fully saturated rings. The van der Waals surface area contributed by atoms with Gasteiger partial charge in [0.05, 0.1) is 15.4 Å². The molecule has 2 amide bonds. The third-order valence-corrected chi connectivity index (χ3v) is 6.78. The smallest absolute Gasteiger partial charge is 0.263 e. The van der Waals surface area contributed by atoms with Gasteiger partial charge in [-0.25, -0.2) is 15.1 Å². The van der Waals surface area contributed by atoms with E-state index < -0.39 is 21.7 Å². The lowest BCUT2D eigenvalue weighted by Gasteiger charge is -2.16. The minimum atomic E-state index is -0.643. The van der Waals surface area contributed by atoms with Crippen molar-refractivity contribution in [1.82, 2.24) is 10.3 Å². The number of nitro groups is 2. The van der Waals surface area contributed by atoms with Gasteiger partial charge in [-0.2, -0.15) is 0 Å². The zero-order valence-corrected chi connectivity index (χ0v) is 22.7. The van der Waals surface area contributed by atoms with E-state index in [-0.39, 0.29) is 34.4 Å². The molecule has 0 saturated heterocycles. The standard InChI is InChI=1S/C32H20N6O6/c39-31-27(19-21-9-7-15-25(17-21)37(41)42)33-29(23-11-3-1-4-12-23)35(31)36-30(24-13-5-2-6-14-24)34-28(32(36)40)20-22-10-8-16-26(18-22)38(43)44/h1-20H/p+1. The minimum absolute atomic E-state index is 0.0410. The number of hydrazine groups is 1. The van der Waals surface area contributed by atoms with Crippen LogP contribution in [0.15, 0.2) is 126 Å². The molecular formula is C32H21N6O6+. The Labute approximate surface area is 249 Å². The van der Waals surface area contributed by atoms with E-state index in [0.29, 0.717) is 22.3 Å². The van der Waals surface area contributed by atoms with Crippen LogP contribution in [-0.4, -0.2) is 43.0 Å². The van der Waals surface area contributed by atoms with Crippen molar-refractivity contribution in [2.75, 3.05) is 0 Å². The zero-order valence-electron chi connectivity index (χ0n) is 22.7. The summed E-state index contributed by atoms with van der Waals surface area (Å²) >= 11 is 0. The monoisotopic (exact) mass is 585 g/mol. The number of non-ortho nitro benzene ring substituents is 2. The fraction of sp³-hybridized carbons (Fsp3) is 0. The van der Waals surface area contributed by atoms with E-state index >= 15 is 0 Å². The van der Waals surface area contributed by atoms with Crippen molar-refractivity contribution in [2.45, 2.75) is 0 Å². The van der Waals surface area contributed by atoms with Gasteiger partial charge in [0.25, 0.3) is 11.4 Å². The molecule has 12 heteroatoms. The molecule has 12 nitrogen and oxygen atoms in total. The second-order valence-corrected chi connectivity index (χ2v) is 9.67. The third kappa shape index (κ3) is 5.25. The molecule has 4 aromatic rings. The predicted octanol–water partition coefficient (Wildman–Crippen LogP) is 4.68. The topological polar surface area (TPSA) is 151 Å². The number of nitrogens with one attached hydrogen (secondary N) is 1. The van der Waals surface area contributed by atoms with E-state index in [4.69, 9.17) is 0 Å². The fourth-order valence-electron chi connectivity index (χ4n) is 4.78. The van der Waals surface area contributed by atoms with Crippen molar-refractivity contribution in [3.05, 3.63) is 163 Å². The van der Waals surface area contributed by atoms with Crippen LogP contribution < -0.4 is 5.32 Å². The molecule has 0 spiro atoms. The number of benzene rings is 4. The molecule has 0 saturated carbocycles. The number of nitrogens with zero attached hydrogens (tertiary/aromatic N) is 5. The first-order chi connectivity index (χ1) is 21.3. The first kappa shape index (κ1) is 27.6. The van der Waals surface area contributed by atoms with Gasteiger partial charge in [-0.15, -0.1) is 5.01 Å². The Bertz CT molecular complexity index is 1980. The summed E-state index contributed by atoms with van der Waals surface area (Å²) in [5.74, 6) is -0.826. The van der Waals surface area contributed by atoms with Gasteiger partial charge in [-0.1, -0.05) is 77.5 Å². The molecule has 0 bridgehead atoms. The number of carbonyl (C=O) groups excluding carboxylic acids is 2. The first-order valence-corrected chi connectivity index (χ1v) is 13.2. The van der Waals surface area contributed by atoms with E-state index in [9.17, 15) is 29.8 Å². The van der Waals surface area contributed by atoms with Crippen molar-refractivity contribution in [3.8, 4) is 0 Å². The fourth-order valence-corrected chi connectivity index (χ4v) is 4.78. The normalized spacial score (nSPS) is 16.5. The Morgan fingerprint density at radius 2 is 1.25 bits per heavy atom. The molecule has 2 heterocycles. The summed E-state index contributed by atoms with van der Waals surface area (Å²) in [7, 11) is 0. The molecule has 0 radical (unpaired) electrons. The van der Waals surface area contributed by atoms with Crippen LogP contribution >= 0.6 is 0 Å². The third-order valence-electron chi connectivity index (χ3n) is 6.78. The highest BCUT2D eigenvalue weighted by atomic mass is 16.6. The van der Waals surface area contributed by atoms with Crippen LogP contribution in [-0.2, 0) is 9.59 Å². The Morgan fingerprint density at radius 1 is 0.705 bits per heavy atom. The number of amides is 2. The number of hydrogen-bond donors (Lipinski definition) is 1. The number of carbonyl (C=O) groups is 2. The van der Waals surface area contributed by atoms with Crippen LogP contribution in [0.1, 0.15) is 22.3 Å². The molecule has 6 rings (SSSR count). The first-order valence-electron chi connectivity index (χ1n) is 13.2. The van der Waals surface area contributed by atoms with E-state index in [1.165, 1.54) is 53.2 Å². The van der Waals surface area contributed by atoms with E-state index in [2.05, 4.69) is 10.3 Å². The quantitative estimate of drug-likeness (QED) is 0.143. The number of hydrazone groups is 1. The minimum Gasteiger partial charge on any atom is -0.263 e. The van der Waals surface area contributed by atoms with Gasteiger partial charge in [0.2, 0.25) is 5.70 Å². The van der Waals surface area contributed by atoms with Gasteiger partial charge in [0.15, 0.2) is 5.84 Å². The molecule has 0 unspecified atom stereocenters. The molecule has 0 aliphatic carbocycles. The number of amidine groups is 2. The highest BCUT2D eigenvalue weighted by Gasteiger charge is 2.48. The van der Waals surface area contributed by atoms with Gasteiger partial charge >= 0.3 is 17.6 Å². The van der Waals surface area contributed by atoms with Crippen molar-refractivity contribution in [2.24, 2.45) is 4.99 Å². The van der Waals surface area contributed by atoms with Crippen LogP contribution in [0.2, 0.25) is 0 Å². The van der Waals surface area contributed by atoms with Crippen molar-refractivity contribution in [3.63, 3.8) is 0 Å². The summed E-state index contributed by atoms with van der Waals surface area (Å²) < 4.78 is 1.18. The summed E-state index contributed by atoms with van der Waals surface area (Å²) in [4.78, 5) is 54.4. The van der Waals surface area contributed by atoms with Crippen LogP contribution in [0.3, 0.4) is 0 Å². The molecule has 0 atom stereocenters. The maximum atomic E-state index is 14.1. The van der Waals surface area contributed by atoms with Gasteiger partial charge < -0.3 is 0 Å². The molecule has 44 heavy (non-hydrogen) atoms. The Balaban J connectivity index is 1.50. The van der Waals surface area contributed by atoms with Gasteiger partial charge in [-0.05, 0) is 29.3 Å². The van der Waals surface area contributed by atoms with Crippen LogP contribution in [0.5, 0.6) is 0 Å². The number of nitro benzene ring substituents is 2. The maximum Gasteiger partial charge on any atom is 0.405 e. The Kier molecular flexibility index (Phi) is 7.13. The lowest BCUT2D eigenvalue weighted by molar-refractivity contribution is -0.564. The number of hydrogen-bond acceptors (Lipinski definition) is 8. The molecular weight excluding hydrogens is 564 g/mol. The molecule has 4 aromatic carbocycles. The second-order valence-electron chi connectivity index (χ2n) is 9.67. The molecule has 1 N–H and O–H groups in total. The molecule has 2 aliphatic heterocycles. The highest BCUT2D eigenvalue weighted by Crippen LogP contribution is 2.27. The largest absolute Gasteiger partial charge is 0.405 e.